The lowest BCUT2D eigenvalue weighted by molar-refractivity contribution is -0.164. The van der Waals surface area contributed by atoms with Crippen molar-refractivity contribution in [3.05, 3.63) is 68.7 Å². The third-order valence-electron chi connectivity index (χ3n) is 13.2. The van der Waals surface area contributed by atoms with Crippen LogP contribution < -0.4 is 4.74 Å². The van der Waals surface area contributed by atoms with E-state index in [0.29, 0.717) is 49.0 Å². The van der Waals surface area contributed by atoms with Gasteiger partial charge in [0.15, 0.2) is 17.3 Å². The van der Waals surface area contributed by atoms with Crippen LogP contribution in [0.2, 0.25) is 0 Å². The number of aliphatic hydroxyl groups excluding tert-OH is 2. The van der Waals surface area contributed by atoms with Crippen LogP contribution in [-0.4, -0.2) is 49.8 Å². The fourth-order valence-corrected chi connectivity index (χ4v) is 9.91. The second kappa shape index (κ2) is 14.0. The third-order valence-corrected chi connectivity index (χ3v) is 13.2. The quantitative estimate of drug-likeness (QED) is 0.105. The van der Waals surface area contributed by atoms with Gasteiger partial charge in [0.2, 0.25) is 0 Å². The number of Topliss-reactive ketones (excluding diaryl/α,β-unsaturated/α-hetero) is 3. The van der Waals surface area contributed by atoms with E-state index in [4.69, 9.17) is 4.74 Å². The number of carboxylic acid groups (broad SMARTS) is 1. The molecule has 282 valence electrons. The number of benzene rings is 1. The Hall–Kier alpha value is -4.14. The number of aliphatic hydroxyl groups is 2. The highest BCUT2D eigenvalue weighted by atomic mass is 16.5. The lowest BCUT2D eigenvalue weighted by Gasteiger charge is -2.57. The molecule has 5 rings (SSSR count). The van der Waals surface area contributed by atoms with Gasteiger partial charge in [0.05, 0.1) is 10.8 Å². The summed E-state index contributed by atoms with van der Waals surface area (Å²) in [6, 6.07) is 0. The average molecular weight is 717 g/mol. The zero-order chi connectivity index (χ0) is 38.7. The van der Waals surface area contributed by atoms with Crippen molar-refractivity contribution in [2.24, 2.45) is 28.1 Å². The van der Waals surface area contributed by atoms with E-state index in [1.165, 1.54) is 20.8 Å². The van der Waals surface area contributed by atoms with Crippen molar-refractivity contribution >= 4 is 23.3 Å². The molecule has 2 fully saturated rings. The summed E-state index contributed by atoms with van der Waals surface area (Å²) in [6.07, 6.45) is 8.34. The summed E-state index contributed by atoms with van der Waals surface area (Å²) in [4.78, 5) is 51.7. The van der Waals surface area contributed by atoms with Gasteiger partial charge in [-0.2, -0.15) is 0 Å². The van der Waals surface area contributed by atoms with Crippen LogP contribution in [0.4, 0.5) is 0 Å². The van der Waals surface area contributed by atoms with Crippen LogP contribution in [0.1, 0.15) is 133 Å². The monoisotopic (exact) mass is 716 g/mol. The van der Waals surface area contributed by atoms with E-state index in [1.807, 2.05) is 20.8 Å². The number of rotatable bonds is 10. The van der Waals surface area contributed by atoms with Crippen LogP contribution >= 0.6 is 0 Å². The Kier molecular flexibility index (Phi) is 10.5. The zero-order valence-electron chi connectivity index (χ0n) is 32.1. The minimum atomic E-state index is -1.48. The summed E-state index contributed by atoms with van der Waals surface area (Å²) < 4.78 is 6.64. The summed E-state index contributed by atoms with van der Waals surface area (Å²) in [5.41, 5.74) is 1.06. The fraction of sp³-hybridized carbons (Fsp3) is 0.581. The Labute approximate surface area is 307 Å². The van der Waals surface area contributed by atoms with Gasteiger partial charge in [-0.25, -0.2) is 0 Å². The summed E-state index contributed by atoms with van der Waals surface area (Å²) in [7, 11) is 0. The number of carbonyl (C=O) groups excluding carboxylic acids is 3. The van der Waals surface area contributed by atoms with E-state index in [2.05, 4.69) is 19.6 Å². The molecular formula is C43H56O9. The smallest absolute Gasteiger partial charge is 0.309 e. The lowest BCUT2D eigenvalue weighted by atomic mass is 9.46. The maximum atomic E-state index is 13.7. The van der Waals surface area contributed by atoms with Crippen LogP contribution in [0.15, 0.2) is 46.5 Å². The molecule has 4 N–H and O–H groups in total. The third kappa shape index (κ3) is 6.21. The van der Waals surface area contributed by atoms with Gasteiger partial charge >= 0.3 is 5.97 Å². The molecule has 4 aliphatic rings. The van der Waals surface area contributed by atoms with E-state index in [0.717, 1.165) is 42.4 Å². The van der Waals surface area contributed by atoms with Crippen LogP contribution in [0.25, 0.3) is 0 Å². The molecule has 0 bridgehead atoms. The molecule has 0 aromatic heterocycles. The van der Waals surface area contributed by atoms with Crippen LogP contribution in [0, 0.1) is 35.0 Å². The Bertz CT molecular complexity index is 1840. The van der Waals surface area contributed by atoms with Crippen LogP contribution in [-0.2, 0) is 27.2 Å². The highest BCUT2D eigenvalue weighted by Crippen LogP contribution is 2.62. The summed E-state index contributed by atoms with van der Waals surface area (Å²) in [5.74, 6) is -3.12. The summed E-state index contributed by atoms with van der Waals surface area (Å²) in [6.45, 7) is 18.4. The molecule has 0 spiro atoms. The van der Waals surface area contributed by atoms with Gasteiger partial charge in [0.25, 0.3) is 0 Å². The van der Waals surface area contributed by atoms with Crippen molar-refractivity contribution in [3.63, 3.8) is 0 Å². The maximum absolute atomic E-state index is 13.7. The Morgan fingerprint density at radius 1 is 1.02 bits per heavy atom. The van der Waals surface area contributed by atoms with Crippen molar-refractivity contribution in [2.45, 2.75) is 132 Å². The number of allylic oxidation sites excluding steroid dienone is 5. The van der Waals surface area contributed by atoms with Gasteiger partial charge in [-0.3, -0.25) is 19.2 Å². The second-order valence-corrected chi connectivity index (χ2v) is 16.8. The van der Waals surface area contributed by atoms with E-state index >= 15 is 0 Å². The largest absolute Gasteiger partial charge is 0.511 e. The molecule has 0 saturated heterocycles. The van der Waals surface area contributed by atoms with Crippen LogP contribution in [0.3, 0.4) is 0 Å². The molecule has 1 aromatic rings. The molecule has 0 unspecified atom stereocenters. The van der Waals surface area contributed by atoms with Crippen molar-refractivity contribution in [1.82, 2.24) is 0 Å². The standard InChI is InChI=1S/C43H56O9/c1-10-12-30(45)34-35(46)27(21-28-36(47)33(25(5)44)39(49)41(6,7)38(28)48)24(4)26-15-17-31(52-37(26)34)23(3)13-16-29-22(2)14-18-32-42(29,8)19-11-20-43(32,9)40(50)51/h13,29,31-32,46-48H,2,10-12,14-21H2,1,3-9H3,(H,50,51)/b23-13+/t29-,31+,32+,42+,43+/m1/s1. The minimum absolute atomic E-state index is 0.0442. The van der Waals surface area contributed by atoms with Gasteiger partial charge < -0.3 is 25.2 Å². The number of carbonyl (C=O) groups is 4. The van der Waals surface area contributed by atoms with E-state index in [1.54, 1.807) is 6.92 Å². The van der Waals surface area contributed by atoms with Gasteiger partial charge in [-0.15, -0.1) is 0 Å². The number of carboxylic acids is 1. The molecule has 5 atom stereocenters. The van der Waals surface area contributed by atoms with Crippen molar-refractivity contribution in [1.29, 1.82) is 0 Å². The maximum Gasteiger partial charge on any atom is 0.309 e. The molecular weight excluding hydrogens is 660 g/mol. The topological polar surface area (TPSA) is 158 Å². The van der Waals surface area contributed by atoms with E-state index in [9.17, 15) is 39.6 Å². The van der Waals surface area contributed by atoms with E-state index in [-0.39, 0.29) is 58.9 Å². The van der Waals surface area contributed by atoms with E-state index < -0.39 is 45.5 Å². The number of hydrogen-bond donors (Lipinski definition) is 4. The first-order chi connectivity index (χ1) is 24.2. The number of phenolic OH excluding ortho intramolecular Hbond substituents is 1. The van der Waals surface area contributed by atoms with Gasteiger partial charge in [0, 0.05) is 24.0 Å². The number of phenols is 1. The SMILES string of the molecule is C=C1CC[C@H]2[C@@](C)(CCC[C@]2(C)C(=O)O)[C@@H]1C/C=C(\C)[C@@H]1CCc2c(C)c(CC3=C(O)C(C)(C)C(=O)C(C(C)=O)=C3O)c(O)c(C(=O)CCC)c2O1. The first-order valence-electron chi connectivity index (χ1n) is 18.8. The van der Waals surface area contributed by atoms with Gasteiger partial charge in [-0.05, 0) is 127 Å². The summed E-state index contributed by atoms with van der Waals surface area (Å²) in [5, 5.41) is 44.4. The second-order valence-electron chi connectivity index (χ2n) is 16.8. The minimum Gasteiger partial charge on any atom is -0.511 e. The molecule has 1 aromatic carbocycles. The predicted molar refractivity (Wildman–Crippen MR) is 199 cm³/mol. The molecule has 9 heteroatoms. The fourth-order valence-electron chi connectivity index (χ4n) is 9.91. The number of hydrogen-bond acceptors (Lipinski definition) is 8. The molecule has 1 heterocycles. The molecule has 3 aliphatic carbocycles. The molecule has 0 amide bonds. The predicted octanol–water partition coefficient (Wildman–Crippen LogP) is 8.94. The highest BCUT2D eigenvalue weighted by molar-refractivity contribution is 6.23. The molecule has 9 nitrogen and oxygen atoms in total. The zero-order valence-corrected chi connectivity index (χ0v) is 32.1. The number of aliphatic carboxylic acids is 1. The molecule has 52 heavy (non-hydrogen) atoms. The molecule has 2 saturated carbocycles. The first-order valence-corrected chi connectivity index (χ1v) is 18.8. The Morgan fingerprint density at radius 3 is 2.31 bits per heavy atom. The van der Waals surface area contributed by atoms with Crippen LogP contribution in [0.5, 0.6) is 11.5 Å². The van der Waals surface area contributed by atoms with Gasteiger partial charge in [0.1, 0.15) is 40.3 Å². The van der Waals surface area contributed by atoms with Crippen molar-refractivity contribution in [3.8, 4) is 11.5 Å². The normalized spacial score (nSPS) is 29.0. The number of ketones is 3. The first kappa shape index (κ1) is 39.1. The van der Waals surface area contributed by atoms with Crippen molar-refractivity contribution < 1.29 is 44.3 Å². The van der Waals surface area contributed by atoms with Crippen molar-refractivity contribution in [2.75, 3.05) is 0 Å². The lowest BCUT2D eigenvalue weighted by Crippen LogP contribution is -2.53. The molecule has 1 aliphatic heterocycles. The number of fused-ring (bicyclic) bond motifs is 2. The Morgan fingerprint density at radius 2 is 1.69 bits per heavy atom. The summed E-state index contributed by atoms with van der Waals surface area (Å²) >= 11 is 0. The number of aromatic hydroxyl groups is 1. The number of ether oxygens (including phenoxy) is 1. The molecule has 0 radical (unpaired) electrons. The highest BCUT2D eigenvalue weighted by Gasteiger charge is 2.57. The Balaban J connectivity index is 1.50. The average Bonchev–Trinajstić information content (AvgIpc) is 3.06. The van der Waals surface area contributed by atoms with Gasteiger partial charge in [-0.1, -0.05) is 38.5 Å².